The maximum atomic E-state index is 5.72. The van der Waals surface area contributed by atoms with Crippen LogP contribution in [0.15, 0.2) is 22.9 Å². The van der Waals surface area contributed by atoms with Gasteiger partial charge in [-0.05, 0) is 50.3 Å². The fourth-order valence-electron chi connectivity index (χ4n) is 4.40. The fraction of sp³-hybridized carbons (Fsp3) is 0.667. The highest BCUT2D eigenvalue weighted by atomic mass is 16.5. The number of likely N-dealkylation sites (tertiary alicyclic amines) is 1. The maximum absolute atomic E-state index is 5.72. The van der Waals surface area contributed by atoms with Crippen LogP contribution in [0.5, 0.6) is 5.88 Å². The predicted molar refractivity (Wildman–Crippen MR) is 105 cm³/mol. The fourth-order valence-corrected chi connectivity index (χ4v) is 4.40. The highest BCUT2D eigenvalue weighted by molar-refractivity contribution is 5.60. The Kier molecular flexibility index (Phi) is 6.54. The van der Waals surface area contributed by atoms with Crippen molar-refractivity contribution in [1.29, 1.82) is 0 Å². The van der Waals surface area contributed by atoms with Crippen LogP contribution in [0, 0.1) is 5.92 Å². The molecule has 1 saturated heterocycles. The number of hydrogen-bond donors (Lipinski definition) is 0. The van der Waals surface area contributed by atoms with Gasteiger partial charge in [0.15, 0.2) is 0 Å². The van der Waals surface area contributed by atoms with Crippen LogP contribution in [-0.2, 0) is 4.74 Å². The van der Waals surface area contributed by atoms with E-state index >= 15 is 0 Å². The van der Waals surface area contributed by atoms with Crippen LogP contribution in [0.1, 0.15) is 56.9 Å². The third kappa shape index (κ3) is 4.52. The Labute approximate surface area is 166 Å². The smallest absolute Gasteiger partial charge is 0.244 e. The summed E-state index contributed by atoms with van der Waals surface area (Å²) in [5, 5.41) is 4.24. The minimum absolute atomic E-state index is 0.234. The average molecular weight is 386 g/mol. The minimum atomic E-state index is 0.234. The van der Waals surface area contributed by atoms with Crippen LogP contribution >= 0.6 is 0 Å². The van der Waals surface area contributed by atoms with Crippen LogP contribution in [0.3, 0.4) is 0 Å². The normalized spacial score (nSPS) is 21.2. The van der Waals surface area contributed by atoms with Gasteiger partial charge < -0.3 is 14.0 Å². The van der Waals surface area contributed by atoms with Crippen molar-refractivity contribution < 1.29 is 14.0 Å². The zero-order chi connectivity index (χ0) is 19.2. The van der Waals surface area contributed by atoms with Crippen molar-refractivity contribution in [2.75, 3.05) is 33.4 Å². The molecule has 2 aromatic heterocycles. The molecule has 2 aliphatic rings. The third-order valence-corrected chi connectivity index (χ3v) is 5.85. The van der Waals surface area contributed by atoms with Gasteiger partial charge in [0.1, 0.15) is 6.61 Å². The van der Waals surface area contributed by atoms with Gasteiger partial charge in [-0.15, -0.1) is 0 Å². The van der Waals surface area contributed by atoms with Crippen LogP contribution < -0.4 is 4.74 Å². The minimum Gasteiger partial charge on any atom is -0.475 e. The Bertz CT molecular complexity index is 745. The molecule has 152 valence electrons. The Morgan fingerprint density at radius 2 is 2.04 bits per heavy atom. The Morgan fingerprint density at radius 3 is 2.89 bits per heavy atom. The topological polar surface area (TPSA) is 73.5 Å². The molecular formula is C21H30N4O3. The number of aromatic nitrogens is 3. The van der Waals surface area contributed by atoms with E-state index in [0.717, 1.165) is 36.9 Å². The van der Waals surface area contributed by atoms with Crippen molar-refractivity contribution in [3.8, 4) is 17.3 Å². The van der Waals surface area contributed by atoms with Gasteiger partial charge in [-0.25, -0.2) is 4.98 Å². The number of hydrogen-bond acceptors (Lipinski definition) is 7. The molecule has 1 aliphatic carbocycles. The van der Waals surface area contributed by atoms with Gasteiger partial charge in [0.05, 0.1) is 18.2 Å². The average Bonchev–Trinajstić information content (AvgIpc) is 3.39. The first-order valence-corrected chi connectivity index (χ1v) is 10.5. The predicted octanol–water partition coefficient (Wildman–Crippen LogP) is 3.87. The Balaban J connectivity index is 1.46. The number of methoxy groups -OCH3 is 1. The molecule has 7 heteroatoms. The molecule has 0 amide bonds. The number of pyridine rings is 1. The first kappa shape index (κ1) is 19.3. The van der Waals surface area contributed by atoms with Crippen LogP contribution in [0.25, 0.3) is 11.4 Å². The monoisotopic (exact) mass is 386 g/mol. The van der Waals surface area contributed by atoms with E-state index in [9.17, 15) is 0 Å². The van der Waals surface area contributed by atoms with Gasteiger partial charge in [-0.2, -0.15) is 4.98 Å². The quantitative estimate of drug-likeness (QED) is 0.638. The van der Waals surface area contributed by atoms with Crippen molar-refractivity contribution in [3.05, 3.63) is 24.2 Å². The molecule has 7 nitrogen and oxygen atoms in total. The molecule has 1 atom stereocenters. The molecule has 3 heterocycles. The van der Waals surface area contributed by atoms with Crippen molar-refractivity contribution >= 4 is 0 Å². The van der Waals surface area contributed by atoms with Gasteiger partial charge in [0, 0.05) is 19.9 Å². The van der Waals surface area contributed by atoms with Crippen molar-refractivity contribution in [2.45, 2.75) is 51.0 Å². The van der Waals surface area contributed by atoms with E-state index in [1.165, 1.54) is 38.5 Å². The zero-order valence-electron chi connectivity index (χ0n) is 16.7. The van der Waals surface area contributed by atoms with E-state index in [-0.39, 0.29) is 6.04 Å². The summed E-state index contributed by atoms with van der Waals surface area (Å²) in [6.45, 7) is 3.21. The Hall–Kier alpha value is -1.99. The molecule has 0 aromatic carbocycles. The lowest BCUT2D eigenvalue weighted by molar-refractivity contribution is 0.144. The molecule has 0 spiro atoms. The van der Waals surface area contributed by atoms with Crippen molar-refractivity contribution in [3.63, 3.8) is 0 Å². The molecule has 2 fully saturated rings. The SMILES string of the molecule is COCCOc1ncccc1-c1noc(C2CCCN2CC2CCCCC2)n1. The second kappa shape index (κ2) is 9.47. The summed E-state index contributed by atoms with van der Waals surface area (Å²) in [5.41, 5.74) is 0.755. The summed E-state index contributed by atoms with van der Waals surface area (Å²) >= 11 is 0. The highest BCUT2D eigenvalue weighted by Crippen LogP contribution is 2.35. The largest absolute Gasteiger partial charge is 0.475 e. The van der Waals surface area contributed by atoms with Gasteiger partial charge in [0.2, 0.25) is 17.6 Å². The maximum Gasteiger partial charge on any atom is 0.244 e. The second-order valence-corrected chi connectivity index (χ2v) is 7.81. The summed E-state index contributed by atoms with van der Waals surface area (Å²) in [6, 6.07) is 4.01. The molecule has 0 N–H and O–H groups in total. The van der Waals surface area contributed by atoms with Crippen molar-refractivity contribution in [1.82, 2.24) is 20.0 Å². The summed E-state index contributed by atoms with van der Waals surface area (Å²) in [7, 11) is 1.65. The molecule has 28 heavy (non-hydrogen) atoms. The first-order chi connectivity index (χ1) is 13.8. The van der Waals surface area contributed by atoms with E-state index < -0.39 is 0 Å². The molecular weight excluding hydrogens is 356 g/mol. The summed E-state index contributed by atoms with van der Waals surface area (Å²) in [5.74, 6) is 2.59. The van der Waals surface area contributed by atoms with E-state index in [4.69, 9.17) is 19.0 Å². The summed E-state index contributed by atoms with van der Waals surface area (Å²) < 4.78 is 16.5. The lowest BCUT2D eigenvalue weighted by Gasteiger charge is -2.29. The summed E-state index contributed by atoms with van der Waals surface area (Å²) in [4.78, 5) is 11.6. The molecule has 2 aromatic rings. The molecule has 1 unspecified atom stereocenters. The van der Waals surface area contributed by atoms with Gasteiger partial charge in [-0.3, -0.25) is 4.90 Å². The van der Waals surface area contributed by atoms with E-state index in [1.54, 1.807) is 13.3 Å². The molecule has 1 saturated carbocycles. The second-order valence-electron chi connectivity index (χ2n) is 7.81. The van der Waals surface area contributed by atoms with Crippen molar-refractivity contribution in [2.24, 2.45) is 5.92 Å². The summed E-state index contributed by atoms with van der Waals surface area (Å²) in [6.07, 6.45) is 10.8. The zero-order valence-corrected chi connectivity index (χ0v) is 16.7. The third-order valence-electron chi connectivity index (χ3n) is 5.85. The highest BCUT2D eigenvalue weighted by Gasteiger charge is 2.32. The number of ether oxygens (including phenoxy) is 2. The van der Waals surface area contributed by atoms with Gasteiger partial charge in [-0.1, -0.05) is 24.4 Å². The standard InChI is InChI=1S/C21H30N4O3/c1-26-13-14-27-20-17(9-5-11-22-20)19-23-21(28-24-19)18-10-6-12-25(18)15-16-7-3-2-4-8-16/h5,9,11,16,18H,2-4,6-8,10,12-15H2,1H3. The van der Waals surface area contributed by atoms with Gasteiger partial charge >= 0.3 is 0 Å². The Morgan fingerprint density at radius 1 is 1.14 bits per heavy atom. The van der Waals surface area contributed by atoms with Crippen LogP contribution in [0.4, 0.5) is 0 Å². The van der Waals surface area contributed by atoms with Crippen LogP contribution in [0.2, 0.25) is 0 Å². The first-order valence-electron chi connectivity index (χ1n) is 10.5. The molecule has 0 radical (unpaired) electrons. The molecule has 1 aliphatic heterocycles. The molecule has 4 rings (SSSR count). The van der Waals surface area contributed by atoms with E-state index in [0.29, 0.717) is 24.9 Å². The van der Waals surface area contributed by atoms with E-state index in [1.807, 2.05) is 12.1 Å². The lowest BCUT2D eigenvalue weighted by Crippen LogP contribution is -2.30. The lowest BCUT2D eigenvalue weighted by atomic mass is 9.89. The van der Waals surface area contributed by atoms with Gasteiger partial charge in [0.25, 0.3) is 0 Å². The number of rotatable bonds is 8. The molecule has 0 bridgehead atoms. The number of nitrogens with zero attached hydrogens (tertiary/aromatic N) is 4. The van der Waals surface area contributed by atoms with Crippen LogP contribution in [-0.4, -0.2) is 53.4 Å². The van der Waals surface area contributed by atoms with E-state index in [2.05, 4.69) is 15.0 Å².